The van der Waals surface area contributed by atoms with Crippen molar-refractivity contribution >= 4 is 22.8 Å². The van der Waals surface area contributed by atoms with Gasteiger partial charge in [0.2, 0.25) is 5.91 Å². The van der Waals surface area contributed by atoms with Crippen LogP contribution in [0.5, 0.6) is 0 Å². The van der Waals surface area contributed by atoms with Gasteiger partial charge >= 0.3 is 0 Å². The first kappa shape index (κ1) is 20.1. The lowest BCUT2D eigenvalue weighted by molar-refractivity contribution is -0.126. The fourth-order valence-corrected chi connectivity index (χ4v) is 4.32. The molecule has 2 amide bonds. The van der Waals surface area contributed by atoms with Gasteiger partial charge in [-0.25, -0.2) is 4.98 Å². The Hall–Kier alpha value is -3.15. The molecule has 4 rings (SSSR count). The third-order valence-corrected chi connectivity index (χ3v) is 5.85. The minimum absolute atomic E-state index is 0.00894. The summed E-state index contributed by atoms with van der Waals surface area (Å²) in [6.45, 7) is 5.53. The van der Waals surface area contributed by atoms with Crippen LogP contribution in [0.2, 0.25) is 0 Å². The molecule has 0 radical (unpaired) electrons. The van der Waals surface area contributed by atoms with Crippen LogP contribution in [0.25, 0.3) is 11.0 Å². The molecule has 1 unspecified atom stereocenters. The highest BCUT2D eigenvalue weighted by atomic mass is 16.2. The Morgan fingerprint density at radius 1 is 1.13 bits per heavy atom. The predicted molar refractivity (Wildman–Crippen MR) is 117 cm³/mol. The monoisotopic (exact) mass is 404 g/mol. The minimum Gasteiger partial charge on any atom is -0.349 e. The number of hydrogen-bond acceptors (Lipinski definition) is 3. The molecule has 1 atom stereocenters. The van der Waals surface area contributed by atoms with Crippen molar-refractivity contribution in [2.24, 2.45) is 13.0 Å². The van der Waals surface area contributed by atoms with Crippen molar-refractivity contribution in [3.63, 3.8) is 0 Å². The van der Waals surface area contributed by atoms with Gasteiger partial charge in [0.15, 0.2) is 0 Å². The van der Waals surface area contributed by atoms with E-state index in [-0.39, 0.29) is 17.7 Å². The fraction of sp³-hybridized carbons (Fsp3) is 0.375. The zero-order valence-electron chi connectivity index (χ0n) is 17.8. The van der Waals surface area contributed by atoms with Crippen molar-refractivity contribution in [2.75, 3.05) is 13.1 Å². The van der Waals surface area contributed by atoms with Gasteiger partial charge in [0.05, 0.1) is 23.5 Å². The number of carbonyl (C=O) groups excluding carboxylic acids is 2. The second-order valence-electron chi connectivity index (χ2n) is 8.26. The average Bonchev–Trinajstić information content (AvgIpc) is 3.06. The Labute approximate surface area is 176 Å². The van der Waals surface area contributed by atoms with E-state index in [4.69, 9.17) is 0 Å². The Morgan fingerprint density at radius 2 is 1.87 bits per heavy atom. The summed E-state index contributed by atoms with van der Waals surface area (Å²) < 4.78 is 2.01. The molecule has 156 valence electrons. The van der Waals surface area contributed by atoms with E-state index in [1.54, 1.807) is 0 Å². The van der Waals surface area contributed by atoms with Crippen LogP contribution in [0.3, 0.4) is 0 Å². The van der Waals surface area contributed by atoms with Crippen LogP contribution in [-0.2, 0) is 18.4 Å². The summed E-state index contributed by atoms with van der Waals surface area (Å²) in [6, 6.07) is 13.8. The number of rotatable bonds is 4. The summed E-state index contributed by atoms with van der Waals surface area (Å²) in [5, 5.41) is 3.03. The van der Waals surface area contributed by atoms with Crippen LogP contribution in [0.15, 0.2) is 42.5 Å². The van der Waals surface area contributed by atoms with Crippen molar-refractivity contribution in [1.82, 2.24) is 19.8 Å². The number of likely N-dealkylation sites (tertiary alicyclic amines) is 1. The van der Waals surface area contributed by atoms with Gasteiger partial charge in [-0.15, -0.1) is 0 Å². The van der Waals surface area contributed by atoms with Crippen molar-refractivity contribution in [1.29, 1.82) is 0 Å². The van der Waals surface area contributed by atoms with E-state index in [0.717, 1.165) is 40.8 Å². The van der Waals surface area contributed by atoms with Crippen molar-refractivity contribution < 1.29 is 9.59 Å². The molecule has 30 heavy (non-hydrogen) atoms. The third kappa shape index (κ3) is 4.08. The Bertz CT molecular complexity index is 1080. The van der Waals surface area contributed by atoms with Gasteiger partial charge in [-0.1, -0.05) is 29.3 Å². The molecule has 0 bridgehead atoms. The molecular formula is C24H28N4O2. The lowest BCUT2D eigenvalue weighted by atomic mass is 9.96. The standard InChI is InChI=1S/C24H28N4O2/c1-16-11-17(2)13-19(12-16)24(30)28-10-6-7-18(15-28)23(29)25-14-22-26-20-8-4-5-9-21(20)27(22)3/h4-5,8-9,11-13,18H,6-7,10,14-15H2,1-3H3,(H,25,29). The molecule has 0 spiro atoms. The summed E-state index contributed by atoms with van der Waals surface area (Å²) in [7, 11) is 1.96. The van der Waals surface area contributed by atoms with Crippen LogP contribution in [0, 0.1) is 19.8 Å². The van der Waals surface area contributed by atoms with Crippen molar-refractivity contribution in [3.05, 3.63) is 65.0 Å². The molecule has 1 aromatic heterocycles. The van der Waals surface area contributed by atoms with E-state index in [1.165, 1.54) is 0 Å². The number of amides is 2. The first-order valence-corrected chi connectivity index (χ1v) is 10.5. The molecule has 2 aromatic carbocycles. The predicted octanol–water partition coefficient (Wildman–Crippen LogP) is 3.36. The second-order valence-corrected chi connectivity index (χ2v) is 8.26. The Balaban J connectivity index is 1.40. The topological polar surface area (TPSA) is 67.2 Å². The van der Waals surface area contributed by atoms with Crippen LogP contribution in [-0.4, -0.2) is 39.4 Å². The van der Waals surface area contributed by atoms with Crippen LogP contribution < -0.4 is 5.32 Å². The molecule has 1 aliphatic heterocycles. The molecule has 0 aliphatic carbocycles. The molecule has 6 heteroatoms. The smallest absolute Gasteiger partial charge is 0.253 e. The first-order chi connectivity index (χ1) is 14.4. The molecule has 1 fully saturated rings. The number of para-hydroxylation sites is 2. The van der Waals surface area contributed by atoms with Gasteiger partial charge in [0.1, 0.15) is 5.82 Å². The van der Waals surface area contributed by atoms with E-state index in [2.05, 4.69) is 16.4 Å². The number of carbonyl (C=O) groups is 2. The van der Waals surface area contributed by atoms with Crippen molar-refractivity contribution in [3.8, 4) is 0 Å². The largest absolute Gasteiger partial charge is 0.349 e. The van der Waals surface area contributed by atoms with Crippen molar-refractivity contribution in [2.45, 2.75) is 33.2 Å². The minimum atomic E-state index is -0.191. The van der Waals surface area contributed by atoms with E-state index < -0.39 is 0 Å². The molecule has 2 heterocycles. The number of piperidine rings is 1. The molecule has 0 saturated carbocycles. The number of nitrogens with one attached hydrogen (secondary N) is 1. The van der Waals surface area contributed by atoms with E-state index in [1.807, 2.05) is 66.8 Å². The SMILES string of the molecule is Cc1cc(C)cc(C(=O)N2CCCC(C(=O)NCc3nc4ccccc4n3C)C2)c1. The summed E-state index contributed by atoms with van der Waals surface area (Å²) in [4.78, 5) is 32.2. The van der Waals surface area contributed by atoms with Gasteiger partial charge in [0.25, 0.3) is 5.91 Å². The van der Waals surface area contributed by atoms with Gasteiger partial charge in [-0.3, -0.25) is 9.59 Å². The lowest BCUT2D eigenvalue weighted by Gasteiger charge is -2.32. The van der Waals surface area contributed by atoms with Gasteiger partial charge in [-0.2, -0.15) is 0 Å². The molecule has 3 aromatic rings. The average molecular weight is 405 g/mol. The van der Waals surface area contributed by atoms with Crippen LogP contribution in [0.4, 0.5) is 0 Å². The zero-order chi connectivity index (χ0) is 21.3. The highest BCUT2D eigenvalue weighted by molar-refractivity contribution is 5.95. The van der Waals surface area contributed by atoms with Gasteiger partial charge in [0, 0.05) is 25.7 Å². The number of benzene rings is 2. The number of nitrogens with zero attached hydrogens (tertiary/aromatic N) is 3. The maximum absolute atomic E-state index is 13.0. The molecule has 6 nitrogen and oxygen atoms in total. The van der Waals surface area contributed by atoms with E-state index in [0.29, 0.717) is 25.2 Å². The molecule has 1 saturated heterocycles. The maximum Gasteiger partial charge on any atom is 0.253 e. The van der Waals surface area contributed by atoms with E-state index >= 15 is 0 Å². The first-order valence-electron chi connectivity index (χ1n) is 10.5. The third-order valence-electron chi connectivity index (χ3n) is 5.85. The zero-order valence-corrected chi connectivity index (χ0v) is 17.8. The molecule has 1 N–H and O–H groups in total. The number of aromatic nitrogens is 2. The number of imidazole rings is 1. The normalized spacial score (nSPS) is 16.6. The highest BCUT2D eigenvalue weighted by Gasteiger charge is 2.29. The number of hydrogen-bond donors (Lipinski definition) is 1. The fourth-order valence-electron chi connectivity index (χ4n) is 4.32. The highest BCUT2D eigenvalue weighted by Crippen LogP contribution is 2.21. The van der Waals surface area contributed by atoms with E-state index in [9.17, 15) is 9.59 Å². The molecular weight excluding hydrogens is 376 g/mol. The van der Waals surface area contributed by atoms with Crippen LogP contribution >= 0.6 is 0 Å². The molecule has 1 aliphatic rings. The number of aryl methyl sites for hydroxylation is 3. The maximum atomic E-state index is 13.0. The van der Waals surface area contributed by atoms with Gasteiger partial charge in [-0.05, 0) is 51.0 Å². The summed E-state index contributed by atoms with van der Waals surface area (Å²) in [5.41, 5.74) is 4.82. The summed E-state index contributed by atoms with van der Waals surface area (Å²) in [5.74, 6) is 0.626. The second kappa shape index (κ2) is 8.30. The Kier molecular flexibility index (Phi) is 5.57. The summed E-state index contributed by atoms with van der Waals surface area (Å²) >= 11 is 0. The quantitative estimate of drug-likeness (QED) is 0.725. The van der Waals surface area contributed by atoms with Gasteiger partial charge < -0.3 is 14.8 Å². The lowest BCUT2D eigenvalue weighted by Crippen LogP contribution is -2.45. The van der Waals surface area contributed by atoms with Crippen LogP contribution in [0.1, 0.15) is 40.2 Å². The number of fused-ring (bicyclic) bond motifs is 1. The summed E-state index contributed by atoms with van der Waals surface area (Å²) in [6.07, 6.45) is 1.63. The Morgan fingerprint density at radius 3 is 2.60 bits per heavy atom.